The first-order chi connectivity index (χ1) is 6.56. The molecule has 14 heavy (non-hydrogen) atoms. The highest BCUT2D eigenvalue weighted by atomic mass is 19.1. The second-order valence-electron chi connectivity index (χ2n) is 3.28. The maximum Gasteiger partial charge on any atom is 0.165 e. The molecular weight excluding hydrogens is 185 g/mol. The summed E-state index contributed by atoms with van der Waals surface area (Å²) >= 11 is 0. The van der Waals surface area contributed by atoms with Crippen molar-refractivity contribution in [3.8, 4) is 5.75 Å². The maximum atomic E-state index is 13.0. The molecule has 0 fully saturated rings. The van der Waals surface area contributed by atoms with Crippen molar-refractivity contribution in [2.75, 3.05) is 6.61 Å². The fourth-order valence-electron chi connectivity index (χ4n) is 1.38. The van der Waals surface area contributed by atoms with Crippen LogP contribution in [-0.4, -0.2) is 16.8 Å². The van der Waals surface area contributed by atoms with E-state index in [0.29, 0.717) is 12.0 Å². The molecule has 0 spiro atoms. The van der Waals surface area contributed by atoms with Crippen molar-refractivity contribution < 1.29 is 14.6 Å². The van der Waals surface area contributed by atoms with Gasteiger partial charge in [-0.3, -0.25) is 0 Å². The molecule has 0 saturated heterocycles. The number of hydrogen-bond acceptors (Lipinski definition) is 3. The molecule has 4 heteroatoms. The zero-order valence-corrected chi connectivity index (χ0v) is 8.00. The van der Waals surface area contributed by atoms with Gasteiger partial charge in [0.05, 0.1) is 0 Å². The van der Waals surface area contributed by atoms with E-state index >= 15 is 0 Å². The normalized spacial score (nSPS) is 12.9. The molecule has 1 atom stereocenters. The molecule has 1 unspecified atom stereocenters. The van der Waals surface area contributed by atoms with Crippen LogP contribution in [0, 0.1) is 12.7 Å². The number of aliphatic hydroxyl groups is 1. The van der Waals surface area contributed by atoms with Gasteiger partial charge in [0.15, 0.2) is 11.6 Å². The highest BCUT2D eigenvalue weighted by Crippen LogP contribution is 2.25. The zero-order valence-electron chi connectivity index (χ0n) is 8.00. The van der Waals surface area contributed by atoms with Crippen LogP contribution in [0.4, 0.5) is 4.39 Å². The molecule has 0 saturated carbocycles. The Morgan fingerprint density at radius 2 is 2.14 bits per heavy atom. The standard InChI is InChI=1S/C10H14FNO2/c1-6-4-10(14)8(11)5-7(6)9(12)2-3-13/h4-5,9,13-14H,2-3,12H2,1H3. The molecule has 1 aromatic rings. The number of hydrogen-bond donors (Lipinski definition) is 3. The lowest BCUT2D eigenvalue weighted by Crippen LogP contribution is -2.13. The van der Waals surface area contributed by atoms with Gasteiger partial charge in [-0.2, -0.15) is 0 Å². The molecule has 0 radical (unpaired) electrons. The number of halogens is 1. The second-order valence-corrected chi connectivity index (χ2v) is 3.28. The highest BCUT2D eigenvalue weighted by Gasteiger charge is 2.12. The number of aryl methyl sites for hydroxylation is 1. The smallest absolute Gasteiger partial charge is 0.165 e. The first-order valence-corrected chi connectivity index (χ1v) is 4.41. The second kappa shape index (κ2) is 4.39. The summed E-state index contributed by atoms with van der Waals surface area (Å²) in [5, 5.41) is 17.8. The van der Waals surface area contributed by atoms with Crippen LogP contribution in [0.5, 0.6) is 5.75 Å². The molecular formula is C10H14FNO2. The molecule has 1 rings (SSSR count). The first-order valence-electron chi connectivity index (χ1n) is 4.41. The zero-order chi connectivity index (χ0) is 10.7. The van der Waals surface area contributed by atoms with Crippen molar-refractivity contribution in [2.45, 2.75) is 19.4 Å². The van der Waals surface area contributed by atoms with E-state index in [-0.39, 0.29) is 12.4 Å². The van der Waals surface area contributed by atoms with Crippen molar-refractivity contribution in [3.05, 3.63) is 29.1 Å². The Morgan fingerprint density at radius 3 is 2.71 bits per heavy atom. The summed E-state index contributed by atoms with van der Waals surface area (Å²) in [5.41, 5.74) is 7.06. The Bertz CT molecular complexity index is 328. The van der Waals surface area contributed by atoms with Crippen LogP contribution >= 0.6 is 0 Å². The molecule has 3 nitrogen and oxygen atoms in total. The predicted molar refractivity (Wildman–Crippen MR) is 51.4 cm³/mol. The molecule has 0 bridgehead atoms. The van der Waals surface area contributed by atoms with Gasteiger partial charge >= 0.3 is 0 Å². The minimum Gasteiger partial charge on any atom is -0.505 e. The van der Waals surface area contributed by atoms with Crippen molar-refractivity contribution >= 4 is 0 Å². The number of aliphatic hydroxyl groups excluding tert-OH is 1. The minimum absolute atomic E-state index is 0.0386. The number of aromatic hydroxyl groups is 1. The van der Waals surface area contributed by atoms with Gasteiger partial charge in [0.1, 0.15) is 0 Å². The van der Waals surface area contributed by atoms with Gasteiger partial charge in [-0.1, -0.05) is 0 Å². The topological polar surface area (TPSA) is 66.5 Å². The van der Waals surface area contributed by atoms with E-state index < -0.39 is 11.9 Å². The van der Waals surface area contributed by atoms with Gasteiger partial charge in [-0.15, -0.1) is 0 Å². The number of rotatable bonds is 3. The van der Waals surface area contributed by atoms with E-state index in [1.54, 1.807) is 6.92 Å². The van der Waals surface area contributed by atoms with Crippen LogP contribution in [0.2, 0.25) is 0 Å². The van der Waals surface area contributed by atoms with Crippen molar-refractivity contribution in [2.24, 2.45) is 5.73 Å². The van der Waals surface area contributed by atoms with E-state index in [9.17, 15) is 4.39 Å². The van der Waals surface area contributed by atoms with Crippen molar-refractivity contribution in [1.29, 1.82) is 0 Å². The lowest BCUT2D eigenvalue weighted by Gasteiger charge is -2.13. The molecule has 4 N–H and O–H groups in total. The third kappa shape index (κ3) is 2.21. The highest BCUT2D eigenvalue weighted by molar-refractivity contribution is 5.37. The summed E-state index contributed by atoms with van der Waals surface area (Å²) in [6.07, 6.45) is 0.380. The van der Waals surface area contributed by atoms with Crippen LogP contribution < -0.4 is 5.73 Å². The predicted octanol–water partition coefficient (Wildman–Crippen LogP) is 1.22. The SMILES string of the molecule is Cc1cc(O)c(F)cc1C(N)CCO. The fraction of sp³-hybridized carbons (Fsp3) is 0.400. The van der Waals surface area contributed by atoms with Crippen molar-refractivity contribution in [1.82, 2.24) is 0 Å². The van der Waals surface area contributed by atoms with E-state index in [1.807, 2.05) is 0 Å². The maximum absolute atomic E-state index is 13.0. The lowest BCUT2D eigenvalue weighted by atomic mass is 9.99. The Morgan fingerprint density at radius 1 is 1.50 bits per heavy atom. The summed E-state index contributed by atoms with van der Waals surface area (Å²) in [4.78, 5) is 0. The molecule has 78 valence electrons. The molecule has 0 heterocycles. The molecule has 1 aromatic carbocycles. The average Bonchev–Trinajstić information content (AvgIpc) is 2.11. The van der Waals surface area contributed by atoms with E-state index in [2.05, 4.69) is 0 Å². The van der Waals surface area contributed by atoms with Crippen molar-refractivity contribution in [3.63, 3.8) is 0 Å². The number of phenolic OH excluding ortho intramolecular Hbond substituents is 1. The molecule has 0 amide bonds. The average molecular weight is 199 g/mol. The number of benzene rings is 1. The van der Waals surface area contributed by atoms with Gasteiger partial charge in [-0.25, -0.2) is 4.39 Å². The Hall–Kier alpha value is -1.13. The summed E-state index contributed by atoms with van der Waals surface area (Å²) in [6, 6.07) is 2.16. The first kappa shape index (κ1) is 10.9. The van der Waals surface area contributed by atoms with Crippen LogP contribution in [0.1, 0.15) is 23.6 Å². The summed E-state index contributed by atoms with van der Waals surface area (Å²) in [7, 11) is 0. The van der Waals surface area contributed by atoms with Gasteiger partial charge < -0.3 is 15.9 Å². The Labute approximate surface area is 82.0 Å². The van der Waals surface area contributed by atoms with Gasteiger partial charge in [0.2, 0.25) is 0 Å². The van der Waals surface area contributed by atoms with Crippen LogP contribution in [0.15, 0.2) is 12.1 Å². The summed E-state index contributed by atoms with van der Waals surface area (Å²) in [5.74, 6) is -1.05. The molecule has 0 aromatic heterocycles. The van der Waals surface area contributed by atoms with Crippen LogP contribution in [-0.2, 0) is 0 Å². The Kier molecular flexibility index (Phi) is 3.43. The van der Waals surface area contributed by atoms with E-state index in [4.69, 9.17) is 15.9 Å². The number of phenols is 1. The molecule has 0 aliphatic carbocycles. The Balaban J connectivity index is 3.02. The monoisotopic (exact) mass is 199 g/mol. The number of nitrogens with two attached hydrogens (primary N) is 1. The van der Waals surface area contributed by atoms with Crippen LogP contribution in [0.25, 0.3) is 0 Å². The molecule has 0 aliphatic rings. The molecule has 0 aliphatic heterocycles. The third-order valence-electron chi connectivity index (χ3n) is 2.18. The van der Waals surface area contributed by atoms with Gasteiger partial charge in [-0.05, 0) is 36.6 Å². The fourth-order valence-corrected chi connectivity index (χ4v) is 1.38. The lowest BCUT2D eigenvalue weighted by molar-refractivity contribution is 0.276. The van der Waals surface area contributed by atoms with Gasteiger partial charge in [0, 0.05) is 12.6 Å². The van der Waals surface area contributed by atoms with E-state index in [1.165, 1.54) is 12.1 Å². The van der Waals surface area contributed by atoms with Crippen LogP contribution in [0.3, 0.4) is 0 Å². The summed E-state index contributed by atoms with van der Waals surface area (Å²) < 4.78 is 13.0. The largest absolute Gasteiger partial charge is 0.505 e. The summed E-state index contributed by atoms with van der Waals surface area (Å²) in [6.45, 7) is 1.70. The quantitative estimate of drug-likeness (QED) is 0.685. The third-order valence-corrected chi connectivity index (χ3v) is 2.18. The van der Waals surface area contributed by atoms with Gasteiger partial charge in [0.25, 0.3) is 0 Å². The van der Waals surface area contributed by atoms with E-state index in [0.717, 1.165) is 5.56 Å². The minimum atomic E-state index is -0.681.